The van der Waals surface area contributed by atoms with Crippen LogP contribution in [0.3, 0.4) is 0 Å². The molecule has 0 spiro atoms. The second-order valence-corrected chi connectivity index (χ2v) is 3.44. The predicted octanol–water partition coefficient (Wildman–Crippen LogP) is 3.45. The predicted molar refractivity (Wildman–Crippen MR) is 52.6 cm³/mol. The van der Waals surface area contributed by atoms with E-state index in [0.29, 0.717) is 5.92 Å². The molecule has 0 aliphatic rings. The molecule has 0 aliphatic heterocycles. The van der Waals surface area contributed by atoms with Crippen molar-refractivity contribution in [3.63, 3.8) is 0 Å². The van der Waals surface area contributed by atoms with E-state index in [4.69, 9.17) is 5.26 Å². The van der Waals surface area contributed by atoms with Crippen LogP contribution in [0.1, 0.15) is 34.1 Å². The molecule has 66 valence electrons. The number of nitriles is 1. The zero-order chi connectivity index (χ0) is 9.56. The molecule has 1 unspecified atom stereocenters. The molecule has 0 aromatic heterocycles. The molecule has 0 saturated carbocycles. The van der Waals surface area contributed by atoms with Crippen molar-refractivity contribution >= 4 is 0 Å². The highest BCUT2D eigenvalue weighted by Gasteiger charge is 2.00. The smallest absolute Gasteiger partial charge is 0.0911 e. The van der Waals surface area contributed by atoms with Gasteiger partial charge in [-0.2, -0.15) is 5.26 Å². The van der Waals surface area contributed by atoms with E-state index in [2.05, 4.69) is 32.9 Å². The fourth-order valence-corrected chi connectivity index (χ4v) is 0.842. The molecule has 0 radical (unpaired) electrons. The van der Waals surface area contributed by atoms with Gasteiger partial charge in [-0.15, -0.1) is 0 Å². The third kappa shape index (κ3) is 4.73. The molecule has 0 aromatic carbocycles. The van der Waals surface area contributed by atoms with Crippen LogP contribution in [0.25, 0.3) is 0 Å². The van der Waals surface area contributed by atoms with Crippen molar-refractivity contribution in [3.8, 4) is 6.07 Å². The van der Waals surface area contributed by atoms with Crippen molar-refractivity contribution in [2.24, 2.45) is 5.92 Å². The maximum atomic E-state index is 8.42. The molecule has 12 heavy (non-hydrogen) atoms. The summed E-state index contributed by atoms with van der Waals surface area (Å²) < 4.78 is 0. The van der Waals surface area contributed by atoms with Crippen LogP contribution in [0.4, 0.5) is 0 Å². The van der Waals surface area contributed by atoms with Gasteiger partial charge in [-0.3, -0.25) is 0 Å². The first-order valence-electron chi connectivity index (χ1n) is 4.27. The maximum Gasteiger partial charge on any atom is 0.0911 e. The number of rotatable bonds is 3. The summed E-state index contributed by atoms with van der Waals surface area (Å²) in [5.74, 6) is 0.486. The van der Waals surface area contributed by atoms with Gasteiger partial charge in [0.05, 0.1) is 6.07 Å². The van der Waals surface area contributed by atoms with Crippen LogP contribution in [-0.4, -0.2) is 0 Å². The highest BCUT2D eigenvalue weighted by Crippen LogP contribution is 2.14. The summed E-state index contributed by atoms with van der Waals surface area (Å²) in [5.41, 5.74) is 2.50. The Morgan fingerprint density at radius 3 is 2.42 bits per heavy atom. The summed E-state index contributed by atoms with van der Waals surface area (Å²) in [6.07, 6.45) is 4.87. The molecule has 1 nitrogen and oxygen atoms in total. The highest BCUT2D eigenvalue weighted by atomic mass is 14.2. The summed E-state index contributed by atoms with van der Waals surface area (Å²) in [4.78, 5) is 0. The van der Waals surface area contributed by atoms with E-state index >= 15 is 0 Å². The van der Waals surface area contributed by atoms with E-state index in [-0.39, 0.29) is 0 Å². The van der Waals surface area contributed by atoms with Crippen LogP contribution in [0.15, 0.2) is 23.3 Å². The first-order chi connectivity index (χ1) is 5.57. The van der Waals surface area contributed by atoms with Gasteiger partial charge in [0.15, 0.2) is 0 Å². The molecule has 0 N–H and O–H groups in total. The fourth-order valence-electron chi connectivity index (χ4n) is 0.842. The molecule has 0 rings (SSSR count). The molecular weight excluding hydrogens is 146 g/mol. The lowest BCUT2D eigenvalue weighted by Crippen LogP contribution is -1.94. The molecule has 0 amide bonds. The number of hydrogen-bond donors (Lipinski definition) is 0. The van der Waals surface area contributed by atoms with Gasteiger partial charge in [-0.25, -0.2) is 0 Å². The molecule has 0 aromatic rings. The van der Waals surface area contributed by atoms with E-state index in [1.807, 2.05) is 6.92 Å². The van der Waals surface area contributed by atoms with E-state index < -0.39 is 0 Å². The lowest BCUT2D eigenvalue weighted by Gasteiger charge is -2.07. The Kier molecular flexibility index (Phi) is 5.12. The molecule has 0 aliphatic carbocycles. The van der Waals surface area contributed by atoms with E-state index in [9.17, 15) is 0 Å². The van der Waals surface area contributed by atoms with Gasteiger partial charge in [-0.05, 0) is 33.1 Å². The highest BCUT2D eigenvalue weighted by molar-refractivity contribution is 5.14. The van der Waals surface area contributed by atoms with Crippen molar-refractivity contribution in [1.82, 2.24) is 0 Å². The zero-order valence-electron chi connectivity index (χ0n) is 8.39. The van der Waals surface area contributed by atoms with Gasteiger partial charge in [0.1, 0.15) is 0 Å². The molecule has 0 heterocycles. The van der Waals surface area contributed by atoms with Crippen molar-refractivity contribution < 1.29 is 0 Å². The minimum atomic E-state index is 0.486. The van der Waals surface area contributed by atoms with Crippen LogP contribution in [0, 0.1) is 17.2 Å². The number of allylic oxidation sites excluding steroid dienone is 4. The molecule has 0 bridgehead atoms. The Hall–Kier alpha value is -1.03. The van der Waals surface area contributed by atoms with Gasteiger partial charge in [0.25, 0.3) is 0 Å². The molecule has 1 heteroatoms. The summed E-state index contributed by atoms with van der Waals surface area (Å²) in [6, 6.07) is 2.05. The van der Waals surface area contributed by atoms with E-state index in [1.54, 1.807) is 6.08 Å². The van der Waals surface area contributed by atoms with Gasteiger partial charge >= 0.3 is 0 Å². The Bertz CT molecular complexity index is 224. The second-order valence-electron chi connectivity index (χ2n) is 3.44. The van der Waals surface area contributed by atoms with Crippen molar-refractivity contribution in [2.75, 3.05) is 0 Å². The minimum absolute atomic E-state index is 0.486. The monoisotopic (exact) mass is 163 g/mol. The largest absolute Gasteiger partial charge is 0.193 e. The molecule has 0 fully saturated rings. The summed E-state index contributed by atoms with van der Waals surface area (Å²) in [7, 11) is 0. The normalized spacial score (nSPS) is 13.4. The maximum absolute atomic E-state index is 8.42. The van der Waals surface area contributed by atoms with Crippen LogP contribution < -0.4 is 0 Å². The fraction of sp³-hybridized carbons (Fsp3) is 0.545. The van der Waals surface area contributed by atoms with Crippen molar-refractivity contribution in [1.29, 1.82) is 5.26 Å². The quantitative estimate of drug-likeness (QED) is 0.462. The molecule has 1 atom stereocenters. The van der Waals surface area contributed by atoms with Crippen LogP contribution in [-0.2, 0) is 0 Å². The van der Waals surface area contributed by atoms with Crippen molar-refractivity contribution in [3.05, 3.63) is 23.3 Å². The van der Waals surface area contributed by atoms with Gasteiger partial charge in [-0.1, -0.05) is 24.1 Å². The minimum Gasteiger partial charge on any atom is -0.193 e. The summed E-state index contributed by atoms with van der Waals surface area (Å²) in [5, 5.41) is 8.42. The first-order valence-corrected chi connectivity index (χ1v) is 4.27. The molecular formula is C11H17N. The van der Waals surface area contributed by atoms with Gasteiger partial charge in [0, 0.05) is 6.08 Å². The Morgan fingerprint density at radius 2 is 2.00 bits per heavy atom. The van der Waals surface area contributed by atoms with Crippen LogP contribution in [0.5, 0.6) is 0 Å². The Labute approximate surface area is 75.4 Å². The third-order valence-corrected chi connectivity index (χ3v) is 1.95. The standard InChI is InChI=1S/C11H17N/c1-9(2)5-6-10(3)11(4)7-8-12/h5,7,10H,6H2,1-4H3. The zero-order valence-corrected chi connectivity index (χ0v) is 8.39. The second kappa shape index (κ2) is 5.60. The topological polar surface area (TPSA) is 23.8 Å². The third-order valence-electron chi connectivity index (χ3n) is 1.95. The van der Waals surface area contributed by atoms with E-state index in [1.165, 1.54) is 5.57 Å². The van der Waals surface area contributed by atoms with Crippen LogP contribution in [0.2, 0.25) is 0 Å². The van der Waals surface area contributed by atoms with Gasteiger partial charge in [0.2, 0.25) is 0 Å². The van der Waals surface area contributed by atoms with Crippen LogP contribution >= 0.6 is 0 Å². The average Bonchev–Trinajstić information content (AvgIpc) is 2.00. The lowest BCUT2D eigenvalue weighted by atomic mass is 9.98. The van der Waals surface area contributed by atoms with Crippen molar-refractivity contribution in [2.45, 2.75) is 34.1 Å². The lowest BCUT2D eigenvalue weighted by molar-refractivity contribution is 0.692. The SMILES string of the molecule is CC(C)=CCC(C)C(C)=CC#N. The number of hydrogen-bond acceptors (Lipinski definition) is 1. The number of nitrogens with zero attached hydrogens (tertiary/aromatic N) is 1. The van der Waals surface area contributed by atoms with Gasteiger partial charge < -0.3 is 0 Å². The Balaban J connectivity index is 4.07. The Morgan fingerprint density at radius 1 is 1.42 bits per heavy atom. The average molecular weight is 163 g/mol. The summed E-state index contributed by atoms with van der Waals surface area (Å²) in [6.45, 7) is 8.33. The van der Waals surface area contributed by atoms with E-state index in [0.717, 1.165) is 12.0 Å². The summed E-state index contributed by atoms with van der Waals surface area (Å²) >= 11 is 0. The first kappa shape index (κ1) is 11.0. The molecule has 0 saturated heterocycles.